The smallest absolute Gasteiger partial charge is 0.229 e. The molecule has 0 aliphatic heterocycles. The SMILES string of the molecule is CC(C)c1ccc(-c2cc(C(C)(C)C)cc3oc(-c4ccccc4N=Cc4cc(C(C)(C)C)cc(C(C)(C)C)c4O)nc23)cc1. The third-order valence-electron chi connectivity index (χ3n) is 8.54. The van der Waals surface area contributed by atoms with Gasteiger partial charge in [0.15, 0.2) is 5.58 Å². The molecule has 0 bridgehead atoms. The van der Waals surface area contributed by atoms with Crippen molar-refractivity contribution in [2.75, 3.05) is 0 Å². The van der Waals surface area contributed by atoms with Crippen LogP contribution in [0.5, 0.6) is 5.75 Å². The Kier molecular flexibility index (Phi) is 8.33. The first-order chi connectivity index (χ1) is 20.9. The number of hydrogen-bond donors (Lipinski definition) is 1. The minimum Gasteiger partial charge on any atom is -0.507 e. The van der Waals surface area contributed by atoms with E-state index >= 15 is 0 Å². The molecule has 0 atom stereocenters. The van der Waals surface area contributed by atoms with E-state index in [1.165, 1.54) is 11.1 Å². The summed E-state index contributed by atoms with van der Waals surface area (Å²) in [6, 6.07) is 25.2. The fourth-order valence-electron chi connectivity index (χ4n) is 5.51. The number of aromatic hydroxyl groups is 1. The molecule has 0 aliphatic carbocycles. The van der Waals surface area contributed by atoms with Crippen molar-refractivity contribution in [3.63, 3.8) is 0 Å². The van der Waals surface area contributed by atoms with E-state index in [1.807, 2.05) is 30.3 Å². The summed E-state index contributed by atoms with van der Waals surface area (Å²) in [4.78, 5) is 9.98. The molecule has 1 aromatic heterocycles. The minimum absolute atomic E-state index is 0.0640. The fourth-order valence-corrected chi connectivity index (χ4v) is 5.51. The molecule has 234 valence electrons. The molecule has 4 aromatic carbocycles. The summed E-state index contributed by atoms with van der Waals surface area (Å²) in [5, 5.41) is 11.3. The number of rotatable bonds is 5. The lowest BCUT2D eigenvalue weighted by atomic mass is 9.79. The summed E-state index contributed by atoms with van der Waals surface area (Å²) < 4.78 is 6.52. The van der Waals surface area contributed by atoms with Crippen LogP contribution in [0, 0.1) is 0 Å². The van der Waals surface area contributed by atoms with Crippen molar-refractivity contribution in [1.29, 1.82) is 0 Å². The maximum Gasteiger partial charge on any atom is 0.229 e. The maximum atomic E-state index is 11.3. The van der Waals surface area contributed by atoms with Crippen LogP contribution < -0.4 is 0 Å². The van der Waals surface area contributed by atoms with Gasteiger partial charge in [0.1, 0.15) is 11.3 Å². The number of aliphatic imine (C=N–C) groups is 1. The highest BCUT2D eigenvalue weighted by molar-refractivity contribution is 5.94. The van der Waals surface area contributed by atoms with E-state index in [4.69, 9.17) is 14.4 Å². The van der Waals surface area contributed by atoms with Gasteiger partial charge in [-0.2, -0.15) is 0 Å². The lowest BCUT2D eigenvalue weighted by molar-refractivity contribution is 0.444. The van der Waals surface area contributed by atoms with E-state index in [9.17, 15) is 5.11 Å². The predicted octanol–water partition coefficient (Wildman–Crippen LogP) is 11.6. The van der Waals surface area contributed by atoms with Crippen LogP contribution in [0.25, 0.3) is 33.7 Å². The molecule has 45 heavy (non-hydrogen) atoms. The summed E-state index contributed by atoms with van der Waals surface area (Å²) in [6.07, 6.45) is 1.76. The molecule has 0 amide bonds. The first kappa shape index (κ1) is 32.2. The zero-order valence-corrected chi connectivity index (χ0v) is 28.8. The van der Waals surface area contributed by atoms with Gasteiger partial charge in [0.25, 0.3) is 0 Å². The second-order valence-electron chi connectivity index (χ2n) is 15.7. The average molecular weight is 601 g/mol. The first-order valence-corrected chi connectivity index (χ1v) is 16.0. The largest absolute Gasteiger partial charge is 0.507 e. The van der Waals surface area contributed by atoms with Gasteiger partial charge in [-0.1, -0.05) is 119 Å². The summed E-state index contributed by atoms with van der Waals surface area (Å²) in [5.74, 6) is 1.25. The number of para-hydroxylation sites is 1. The van der Waals surface area contributed by atoms with Gasteiger partial charge in [0.2, 0.25) is 5.89 Å². The summed E-state index contributed by atoms with van der Waals surface area (Å²) in [5.41, 5.74) is 10.2. The van der Waals surface area contributed by atoms with Crippen molar-refractivity contribution in [3.8, 4) is 28.3 Å². The van der Waals surface area contributed by atoms with Gasteiger partial charge in [-0.25, -0.2) is 4.98 Å². The van der Waals surface area contributed by atoms with Crippen LogP contribution in [0.2, 0.25) is 0 Å². The highest BCUT2D eigenvalue weighted by Crippen LogP contribution is 2.40. The monoisotopic (exact) mass is 600 g/mol. The van der Waals surface area contributed by atoms with E-state index in [2.05, 4.69) is 119 Å². The Morgan fingerprint density at radius 1 is 0.733 bits per heavy atom. The van der Waals surface area contributed by atoms with Crippen molar-refractivity contribution in [2.24, 2.45) is 4.99 Å². The van der Waals surface area contributed by atoms with Crippen LogP contribution >= 0.6 is 0 Å². The topological polar surface area (TPSA) is 58.6 Å². The Bertz CT molecular complexity index is 1870. The Morgan fingerprint density at radius 2 is 1.36 bits per heavy atom. The molecule has 0 spiro atoms. The number of phenols is 1. The van der Waals surface area contributed by atoms with Gasteiger partial charge >= 0.3 is 0 Å². The van der Waals surface area contributed by atoms with Gasteiger partial charge in [0, 0.05) is 22.9 Å². The number of hydrogen-bond acceptors (Lipinski definition) is 4. The number of aromatic nitrogens is 1. The van der Waals surface area contributed by atoms with E-state index < -0.39 is 0 Å². The molecule has 1 heterocycles. The second-order valence-corrected chi connectivity index (χ2v) is 15.7. The van der Waals surface area contributed by atoms with Crippen molar-refractivity contribution in [1.82, 2.24) is 4.98 Å². The number of nitrogens with zero attached hydrogens (tertiary/aromatic N) is 2. The highest BCUT2D eigenvalue weighted by atomic mass is 16.3. The van der Waals surface area contributed by atoms with Gasteiger partial charge in [-0.05, 0) is 74.7 Å². The molecule has 4 heteroatoms. The zero-order chi connectivity index (χ0) is 32.9. The van der Waals surface area contributed by atoms with Crippen molar-refractivity contribution < 1.29 is 9.52 Å². The van der Waals surface area contributed by atoms with E-state index in [0.717, 1.165) is 44.6 Å². The molecular formula is C41H48N2O2. The van der Waals surface area contributed by atoms with E-state index in [-0.39, 0.29) is 22.0 Å². The summed E-state index contributed by atoms with van der Waals surface area (Å²) in [7, 11) is 0. The van der Waals surface area contributed by atoms with Gasteiger partial charge < -0.3 is 9.52 Å². The minimum atomic E-state index is -0.219. The molecule has 5 aromatic rings. The molecule has 0 saturated carbocycles. The molecule has 4 nitrogen and oxygen atoms in total. The maximum absolute atomic E-state index is 11.3. The Hall–Kier alpha value is -4.18. The molecule has 0 unspecified atom stereocenters. The summed E-state index contributed by atoms with van der Waals surface area (Å²) >= 11 is 0. The predicted molar refractivity (Wildman–Crippen MR) is 190 cm³/mol. The Morgan fingerprint density at radius 3 is 1.96 bits per heavy atom. The number of phenolic OH excluding ortho intramolecular Hbond substituents is 1. The van der Waals surface area contributed by atoms with Crippen LogP contribution in [0.1, 0.15) is 110 Å². The first-order valence-electron chi connectivity index (χ1n) is 16.0. The molecule has 5 rings (SSSR count). The standard InChI is InChI=1S/C41H48N2O2/c1-25(2)26-16-18-27(19-17-26)32-21-30(40(6,7)8)23-35-36(32)43-38(45-35)31-14-12-13-15-34(31)42-24-28-20-29(39(3,4)5)22-33(37(28)44)41(9,10)11/h12-25,44H,1-11H3. The lowest BCUT2D eigenvalue weighted by Gasteiger charge is -2.27. The molecule has 1 N–H and O–H groups in total. The Labute approximate surface area is 269 Å². The van der Waals surface area contributed by atoms with Crippen molar-refractivity contribution >= 4 is 23.0 Å². The molecule has 0 saturated heterocycles. The molecular weight excluding hydrogens is 552 g/mol. The van der Waals surface area contributed by atoms with E-state index in [0.29, 0.717) is 17.4 Å². The van der Waals surface area contributed by atoms with Crippen LogP contribution in [-0.4, -0.2) is 16.3 Å². The van der Waals surface area contributed by atoms with E-state index in [1.54, 1.807) is 6.21 Å². The molecule has 0 aliphatic rings. The second kappa shape index (κ2) is 11.6. The van der Waals surface area contributed by atoms with Crippen molar-refractivity contribution in [3.05, 3.63) is 101 Å². The number of oxazole rings is 1. The fraction of sp³-hybridized carbons (Fsp3) is 0.366. The van der Waals surface area contributed by atoms with Crippen molar-refractivity contribution in [2.45, 2.75) is 98.3 Å². The normalized spacial score (nSPS) is 13.0. The number of fused-ring (bicyclic) bond motifs is 1. The van der Waals surface area contributed by atoms with Crippen LogP contribution in [0.4, 0.5) is 5.69 Å². The molecule has 0 fully saturated rings. The average Bonchev–Trinajstić information content (AvgIpc) is 3.39. The quantitative estimate of drug-likeness (QED) is 0.204. The van der Waals surface area contributed by atoms with Crippen LogP contribution in [0.15, 0.2) is 82.2 Å². The van der Waals surface area contributed by atoms with Gasteiger partial charge in [-0.3, -0.25) is 4.99 Å². The zero-order valence-electron chi connectivity index (χ0n) is 28.8. The highest BCUT2D eigenvalue weighted by Gasteiger charge is 2.25. The lowest BCUT2D eigenvalue weighted by Crippen LogP contribution is -2.17. The third-order valence-corrected chi connectivity index (χ3v) is 8.54. The number of benzene rings is 4. The molecule has 0 radical (unpaired) electrons. The van der Waals surface area contributed by atoms with Crippen LogP contribution in [-0.2, 0) is 16.2 Å². The summed E-state index contributed by atoms with van der Waals surface area (Å²) in [6.45, 7) is 24.0. The van der Waals surface area contributed by atoms with Crippen LogP contribution in [0.3, 0.4) is 0 Å². The van der Waals surface area contributed by atoms with Gasteiger partial charge in [0.05, 0.1) is 11.3 Å². The van der Waals surface area contributed by atoms with Gasteiger partial charge in [-0.15, -0.1) is 0 Å². The third kappa shape index (κ3) is 6.76. The Balaban J connectivity index is 1.64.